The lowest BCUT2D eigenvalue weighted by Gasteiger charge is -2.18. The summed E-state index contributed by atoms with van der Waals surface area (Å²) >= 11 is 3.47. The van der Waals surface area contributed by atoms with Crippen molar-refractivity contribution >= 4 is 33.5 Å². The molecule has 1 N–H and O–H groups in total. The van der Waals surface area contributed by atoms with Crippen LogP contribution in [0.15, 0.2) is 59.1 Å². The Hall–Kier alpha value is -2.47. The van der Waals surface area contributed by atoms with Crippen LogP contribution in [0, 0.1) is 0 Å². The highest BCUT2D eigenvalue weighted by Gasteiger charge is 2.12. The molecule has 2 amide bonds. The predicted octanol–water partition coefficient (Wildman–Crippen LogP) is 3.58. The molecule has 0 aromatic heterocycles. The molecule has 0 heterocycles. The lowest BCUT2D eigenvalue weighted by atomic mass is 10.1. The molecule has 0 unspecified atom stereocenters. The molecule has 27 heavy (non-hydrogen) atoms. The summed E-state index contributed by atoms with van der Waals surface area (Å²) in [5.74, 6) is -0.332. The third kappa shape index (κ3) is 6.98. The zero-order chi connectivity index (χ0) is 19.6. The predicted molar refractivity (Wildman–Crippen MR) is 108 cm³/mol. The molecule has 0 aliphatic rings. The van der Waals surface area contributed by atoms with E-state index in [1.54, 1.807) is 36.2 Å². The van der Waals surface area contributed by atoms with Crippen molar-refractivity contribution in [3.05, 3.63) is 70.2 Å². The minimum absolute atomic E-state index is 0.0496. The summed E-state index contributed by atoms with van der Waals surface area (Å²) in [5, 5.41) is 2.70. The van der Waals surface area contributed by atoms with Crippen LogP contribution in [0.2, 0.25) is 0 Å². The average molecular weight is 431 g/mol. The first-order valence-electron chi connectivity index (χ1n) is 8.79. The highest BCUT2D eigenvalue weighted by atomic mass is 79.9. The summed E-state index contributed by atoms with van der Waals surface area (Å²) < 4.78 is 0.959. The number of carbonyl (C=O) groups excluding carboxylic acids is 3. The van der Waals surface area contributed by atoms with Crippen LogP contribution in [0.1, 0.15) is 35.2 Å². The van der Waals surface area contributed by atoms with Crippen LogP contribution < -0.4 is 5.32 Å². The fourth-order valence-electron chi connectivity index (χ4n) is 2.55. The number of carbonyl (C=O) groups is 3. The van der Waals surface area contributed by atoms with Crippen molar-refractivity contribution in [3.8, 4) is 0 Å². The second-order valence-corrected chi connectivity index (χ2v) is 7.08. The number of ketones is 1. The second-order valence-electron chi connectivity index (χ2n) is 6.23. The maximum absolute atomic E-state index is 12.2. The van der Waals surface area contributed by atoms with E-state index in [9.17, 15) is 14.4 Å². The largest absolute Gasteiger partial charge is 0.356 e. The van der Waals surface area contributed by atoms with Crippen molar-refractivity contribution in [2.75, 3.05) is 13.6 Å². The molecule has 2 aromatic carbocycles. The monoisotopic (exact) mass is 430 g/mol. The maximum atomic E-state index is 12.2. The van der Waals surface area contributed by atoms with Crippen molar-refractivity contribution in [2.24, 2.45) is 0 Å². The van der Waals surface area contributed by atoms with Gasteiger partial charge in [0.05, 0.1) is 0 Å². The van der Waals surface area contributed by atoms with Gasteiger partial charge >= 0.3 is 0 Å². The normalized spacial score (nSPS) is 10.3. The molecule has 0 saturated carbocycles. The maximum Gasteiger partial charge on any atom is 0.224 e. The van der Waals surface area contributed by atoms with Crippen LogP contribution in [0.5, 0.6) is 0 Å². The Morgan fingerprint density at radius 3 is 2.30 bits per heavy atom. The molecule has 5 nitrogen and oxygen atoms in total. The van der Waals surface area contributed by atoms with Crippen LogP contribution >= 0.6 is 15.9 Å². The minimum Gasteiger partial charge on any atom is -0.356 e. The fourth-order valence-corrected chi connectivity index (χ4v) is 2.96. The molecule has 0 atom stereocenters. The van der Waals surface area contributed by atoms with Crippen LogP contribution in [0.3, 0.4) is 0 Å². The van der Waals surface area contributed by atoms with Gasteiger partial charge in [-0.2, -0.15) is 0 Å². The topological polar surface area (TPSA) is 66.5 Å². The van der Waals surface area contributed by atoms with Crippen molar-refractivity contribution in [1.82, 2.24) is 10.2 Å². The third-order valence-corrected chi connectivity index (χ3v) is 4.90. The van der Waals surface area contributed by atoms with Crippen LogP contribution in [0.4, 0.5) is 0 Å². The molecule has 6 heteroatoms. The molecule has 0 radical (unpaired) electrons. The molecule has 2 aromatic rings. The molecular weight excluding hydrogens is 408 g/mol. The van der Waals surface area contributed by atoms with Gasteiger partial charge in [-0.25, -0.2) is 0 Å². The van der Waals surface area contributed by atoms with E-state index in [-0.39, 0.29) is 43.4 Å². The SMILES string of the molecule is CN(Cc1ccccc1Br)C(=O)CCNC(=O)CCC(=O)c1ccccc1. The van der Waals surface area contributed by atoms with Gasteiger partial charge in [0.15, 0.2) is 5.78 Å². The summed E-state index contributed by atoms with van der Waals surface area (Å²) in [6.07, 6.45) is 0.500. The van der Waals surface area contributed by atoms with Crippen LogP contribution in [-0.4, -0.2) is 36.1 Å². The molecule has 0 aliphatic heterocycles. The lowest BCUT2D eigenvalue weighted by Crippen LogP contribution is -2.32. The average Bonchev–Trinajstić information content (AvgIpc) is 2.68. The molecule has 0 spiro atoms. The van der Waals surface area contributed by atoms with Crippen LogP contribution in [0.25, 0.3) is 0 Å². The van der Waals surface area contributed by atoms with Gasteiger partial charge in [0, 0.05) is 49.4 Å². The standard InChI is InChI=1S/C21H23BrN2O3/c1-24(15-17-9-5-6-10-18(17)22)21(27)13-14-23-20(26)12-11-19(25)16-7-3-2-4-8-16/h2-10H,11-15H2,1H3,(H,23,26). The number of nitrogens with zero attached hydrogens (tertiary/aromatic N) is 1. The highest BCUT2D eigenvalue weighted by molar-refractivity contribution is 9.10. The van der Waals surface area contributed by atoms with Gasteiger partial charge in [0.25, 0.3) is 0 Å². The Labute approximate surface area is 167 Å². The highest BCUT2D eigenvalue weighted by Crippen LogP contribution is 2.17. The summed E-state index contributed by atoms with van der Waals surface area (Å²) in [6.45, 7) is 0.761. The number of amides is 2. The molecular formula is C21H23BrN2O3. The van der Waals surface area contributed by atoms with Gasteiger partial charge in [-0.3, -0.25) is 14.4 Å². The first-order chi connectivity index (χ1) is 13.0. The second kappa shape index (κ2) is 10.6. The summed E-state index contributed by atoms with van der Waals surface area (Å²) in [4.78, 5) is 37.7. The van der Waals surface area contributed by atoms with Gasteiger partial charge < -0.3 is 10.2 Å². The zero-order valence-corrected chi connectivity index (χ0v) is 16.9. The summed E-state index contributed by atoms with van der Waals surface area (Å²) in [6, 6.07) is 16.6. The zero-order valence-electron chi connectivity index (χ0n) is 15.3. The minimum atomic E-state index is -0.222. The van der Waals surface area contributed by atoms with Crippen molar-refractivity contribution in [2.45, 2.75) is 25.8 Å². The van der Waals surface area contributed by atoms with E-state index in [1.165, 1.54) is 0 Å². The number of hydrogen-bond acceptors (Lipinski definition) is 3. The Morgan fingerprint density at radius 2 is 1.59 bits per heavy atom. The number of Topliss-reactive ketones (excluding diaryl/α,β-unsaturated/α-hetero) is 1. The number of halogens is 1. The Balaban J connectivity index is 1.67. The summed E-state index contributed by atoms with van der Waals surface area (Å²) in [7, 11) is 1.74. The number of hydrogen-bond donors (Lipinski definition) is 1. The van der Waals surface area contributed by atoms with E-state index in [4.69, 9.17) is 0 Å². The van der Waals surface area contributed by atoms with E-state index in [0.717, 1.165) is 10.0 Å². The van der Waals surface area contributed by atoms with E-state index in [2.05, 4.69) is 21.2 Å². The smallest absolute Gasteiger partial charge is 0.224 e. The van der Waals surface area contributed by atoms with E-state index in [0.29, 0.717) is 12.1 Å². The Bertz CT molecular complexity index is 793. The fraction of sp³-hybridized carbons (Fsp3) is 0.286. The van der Waals surface area contributed by atoms with E-state index < -0.39 is 0 Å². The van der Waals surface area contributed by atoms with Crippen molar-refractivity contribution in [1.29, 1.82) is 0 Å². The Morgan fingerprint density at radius 1 is 0.926 bits per heavy atom. The van der Waals surface area contributed by atoms with Gasteiger partial charge in [0.1, 0.15) is 0 Å². The first kappa shape index (κ1) is 20.8. The molecule has 0 fully saturated rings. The molecule has 142 valence electrons. The number of nitrogens with one attached hydrogen (secondary N) is 1. The number of benzene rings is 2. The molecule has 0 bridgehead atoms. The third-order valence-electron chi connectivity index (χ3n) is 4.13. The van der Waals surface area contributed by atoms with Gasteiger partial charge in [-0.05, 0) is 11.6 Å². The van der Waals surface area contributed by atoms with Gasteiger partial charge in [0.2, 0.25) is 11.8 Å². The lowest BCUT2D eigenvalue weighted by molar-refractivity contribution is -0.130. The van der Waals surface area contributed by atoms with Crippen molar-refractivity contribution < 1.29 is 14.4 Å². The van der Waals surface area contributed by atoms with Crippen molar-refractivity contribution in [3.63, 3.8) is 0 Å². The quantitative estimate of drug-likeness (QED) is 0.618. The van der Waals surface area contributed by atoms with Crippen LogP contribution in [-0.2, 0) is 16.1 Å². The molecule has 2 rings (SSSR count). The molecule has 0 saturated heterocycles. The number of rotatable bonds is 9. The van der Waals surface area contributed by atoms with E-state index in [1.807, 2.05) is 30.3 Å². The Kier molecular flexibility index (Phi) is 8.20. The molecule has 0 aliphatic carbocycles. The van der Waals surface area contributed by atoms with Gasteiger partial charge in [-0.1, -0.05) is 64.5 Å². The summed E-state index contributed by atoms with van der Waals surface area (Å²) in [5.41, 5.74) is 1.63. The first-order valence-corrected chi connectivity index (χ1v) is 9.59. The van der Waals surface area contributed by atoms with Gasteiger partial charge in [-0.15, -0.1) is 0 Å². The van der Waals surface area contributed by atoms with E-state index >= 15 is 0 Å².